The Hall–Kier alpha value is -2.31. The zero-order valence-corrected chi connectivity index (χ0v) is 15.7. The summed E-state index contributed by atoms with van der Waals surface area (Å²) in [5, 5.41) is 8.09. The molecular formula is C18H20ClN3O2S. The molecule has 0 amide bonds. The summed E-state index contributed by atoms with van der Waals surface area (Å²) < 4.78 is 10.8. The fraction of sp³-hybridized carbons (Fsp3) is 0.222. The van der Waals surface area contributed by atoms with Gasteiger partial charge in [-0.15, -0.1) is 0 Å². The van der Waals surface area contributed by atoms with Gasteiger partial charge in [0.25, 0.3) is 0 Å². The third-order valence-corrected chi connectivity index (χ3v) is 3.73. The average molecular weight is 378 g/mol. The van der Waals surface area contributed by atoms with Crippen LogP contribution in [0.3, 0.4) is 0 Å². The van der Waals surface area contributed by atoms with Crippen molar-refractivity contribution in [2.75, 3.05) is 13.7 Å². The van der Waals surface area contributed by atoms with Gasteiger partial charge in [-0.05, 0) is 42.4 Å². The van der Waals surface area contributed by atoms with Crippen molar-refractivity contribution in [1.29, 1.82) is 0 Å². The van der Waals surface area contributed by atoms with Gasteiger partial charge in [-0.25, -0.2) is 0 Å². The number of hydrogen-bond acceptors (Lipinski definition) is 4. The number of methoxy groups -OCH3 is 1. The molecule has 132 valence electrons. The molecule has 0 unspecified atom stereocenters. The lowest BCUT2D eigenvalue weighted by Gasteiger charge is -2.11. The molecule has 0 saturated heterocycles. The molecule has 0 bridgehead atoms. The van der Waals surface area contributed by atoms with Crippen LogP contribution in [0, 0.1) is 0 Å². The van der Waals surface area contributed by atoms with E-state index < -0.39 is 0 Å². The Morgan fingerprint density at radius 1 is 1.28 bits per heavy atom. The molecule has 0 radical (unpaired) electrons. The van der Waals surface area contributed by atoms with E-state index in [2.05, 4.69) is 15.8 Å². The monoisotopic (exact) mass is 377 g/mol. The standard InChI is InChI=1S/C18H20ClN3O2S/c1-3-24-17-15(19)9-14(10-16(17)23-2)12-21-22-18(25)20-11-13-7-5-4-6-8-13/h4-10,12H,3,11H2,1-2H3,(H2,20,22,25)/b21-12-. The summed E-state index contributed by atoms with van der Waals surface area (Å²) in [5.41, 5.74) is 4.68. The van der Waals surface area contributed by atoms with E-state index in [1.54, 1.807) is 25.5 Å². The third kappa shape index (κ3) is 5.92. The number of hydrazone groups is 1. The minimum absolute atomic E-state index is 0.434. The zero-order valence-electron chi connectivity index (χ0n) is 14.1. The molecule has 2 N–H and O–H groups in total. The van der Waals surface area contributed by atoms with Crippen molar-refractivity contribution in [3.63, 3.8) is 0 Å². The number of halogens is 1. The molecule has 5 nitrogen and oxygen atoms in total. The number of nitrogens with zero attached hydrogens (tertiary/aromatic N) is 1. The fourth-order valence-corrected chi connectivity index (χ4v) is 2.48. The first-order valence-electron chi connectivity index (χ1n) is 7.75. The van der Waals surface area contributed by atoms with Crippen LogP contribution in [0.5, 0.6) is 11.5 Å². The Labute approximate surface area is 158 Å². The minimum atomic E-state index is 0.434. The SMILES string of the molecule is CCOc1c(Cl)cc(/C=N\NC(=S)NCc2ccccc2)cc1OC. The highest BCUT2D eigenvalue weighted by molar-refractivity contribution is 7.80. The lowest BCUT2D eigenvalue weighted by molar-refractivity contribution is 0.311. The number of hydrogen-bond donors (Lipinski definition) is 2. The van der Waals surface area contributed by atoms with E-state index in [1.165, 1.54) is 0 Å². The molecule has 0 atom stereocenters. The van der Waals surface area contributed by atoms with E-state index in [0.717, 1.165) is 11.1 Å². The summed E-state index contributed by atoms with van der Waals surface area (Å²) in [4.78, 5) is 0. The number of benzene rings is 2. The summed E-state index contributed by atoms with van der Waals surface area (Å²) >= 11 is 11.4. The van der Waals surface area contributed by atoms with E-state index in [9.17, 15) is 0 Å². The molecule has 0 aromatic heterocycles. The molecule has 2 aromatic rings. The molecule has 7 heteroatoms. The fourth-order valence-electron chi connectivity index (χ4n) is 2.08. The number of rotatable bonds is 7. The maximum absolute atomic E-state index is 6.23. The zero-order chi connectivity index (χ0) is 18.1. The Kier molecular flexibility index (Phi) is 7.50. The molecule has 0 aliphatic heterocycles. The maximum atomic E-state index is 6.23. The van der Waals surface area contributed by atoms with E-state index in [1.807, 2.05) is 37.3 Å². The first-order chi connectivity index (χ1) is 12.1. The molecule has 0 aliphatic carbocycles. The summed E-state index contributed by atoms with van der Waals surface area (Å²) in [7, 11) is 1.57. The van der Waals surface area contributed by atoms with Gasteiger partial charge in [0.2, 0.25) is 0 Å². The first kappa shape index (κ1) is 19.0. The molecule has 0 heterocycles. The Morgan fingerprint density at radius 2 is 2.04 bits per heavy atom. The lowest BCUT2D eigenvalue weighted by atomic mass is 10.2. The highest BCUT2D eigenvalue weighted by atomic mass is 35.5. The van der Waals surface area contributed by atoms with Crippen LogP contribution in [-0.4, -0.2) is 25.0 Å². The van der Waals surface area contributed by atoms with Gasteiger partial charge in [0.05, 0.1) is 25.0 Å². The van der Waals surface area contributed by atoms with Crippen LogP contribution in [0.2, 0.25) is 5.02 Å². The average Bonchev–Trinajstić information content (AvgIpc) is 2.63. The molecule has 0 saturated carbocycles. The van der Waals surface area contributed by atoms with Crippen LogP contribution in [0.4, 0.5) is 0 Å². The van der Waals surface area contributed by atoms with Crippen LogP contribution >= 0.6 is 23.8 Å². The van der Waals surface area contributed by atoms with Crippen molar-refractivity contribution < 1.29 is 9.47 Å². The minimum Gasteiger partial charge on any atom is -0.493 e. The predicted octanol–water partition coefficient (Wildman–Crippen LogP) is 3.75. The van der Waals surface area contributed by atoms with Crippen LogP contribution < -0.4 is 20.2 Å². The molecule has 2 aromatic carbocycles. The van der Waals surface area contributed by atoms with Gasteiger partial charge >= 0.3 is 0 Å². The number of nitrogens with one attached hydrogen (secondary N) is 2. The highest BCUT2D eigenvalue weighted by Crippen LogP contribution is 2.35. The van der Waals surface area contributed by atoms with Crippen molar-refractivity contribution in [1.82, 2.24) is 10.7 Å². The third-order valence-electron chi connectivity index (χ3n) is 3.22. The van der Waals surface area contributed by atoms with Gasteiger partial charge in [0, 0.05) is 6.54 Å². The second kappa shape index (κ2) is 9.86. The van der Waals surface area contributed by atoms with Crippen molar-refractivity contribution in [3.8, 4) is 11.5 Å². The highest BCUT2D eigenvalue weighted by Gasteiger charge is 2.10. The number of ether oxygens (including phenoxy) is 2. The van der Waals surface area contributed by atoms with Crippen molar-refractivity contribution in [2.24, 2.45) is 5.10 Å². The predicted molar refractivity (Wildman–Crippen MR) is 106 cm³/mol. The van der Waals surface area contributed by atoms with Gasteiger partial charge in [0.15, 0.2) is 16.6 Å². The van der Waals surface area contributed by atoms with Crippen LogP contribution in [0.15, 0.2) is 47.6 Å². The maximum Gasteiger partial charge on any atom is 0.187 e. The smallest absolute Gasteiger partial charge is 0.187 e. The van der Waals surface area contributed by atoms with E-state index in [0.29, 0.717) is 34.8 Å². The van der Waals surface area contributed by atoms with Gasteiger partial charge < -0.3 is 14.8 Å². The van der Waals surface area contributed by atoms with E-state index >= 15 is 0 Å². The first-order valence-corrected chi connectivity index (χ1v) is 8.53. The van der Waals surface area contributed by atoms with Gasteiger partial charge in [0.1, 0.15) is 0 Å². The van der Waals surface area contributed by atoms with Gasteiger partial charge in [-0.3, -0.25) is 5.43 Å². The van der Waals surface area contributed by atoms with Crippen LogP contribution in [-0.2, 0) is 6.54 Å². The van der Waals surface area contributed by atoms with Crippen molar-refractivity contribution in [3.05, 3.63) is 58.6 Å². The second-order valence-corrected chi connectivity index (χ2v) is 5.82. The van der Waals surface area contributed by atoms with Crippen molar-refractivity contribution in [2.45, 2.75) is 13.5 Å². The molecule has 2 rings (SSSR count). The second-order valence-electron chi connectivity index (χ2n) is 5.01. The number of thiocarbonyl (C=S) groups is 1. The molecule has 0 fully saturated rings. The van der Waals surface area contributed by atoms with Gasteiger partial charge in [-0.1, -0.05) is 41.9 Å². The summed E-state index contributed by atoms with van der Waals surface area (Å²) in [6, 6.07) is 13.5. The molecule has 0 aliphatic rings. The van der Waals surface area contributed by atoms with E-state index in [-0.39, 0.29) is 0 Å². The normalized spacial score (nSPS) is 10.5. The Bertz CT molecular complexity index is 739. The van der Waals surface area contributed by atoms with E-state index in [4.69, 9.17) is 33.3 Å². The summed E-state index contributed by atoms with van der Waals surface area (Å²) in [6.07, 6.45) is 1.61. The Balaban J connectivity index is 1.92. The quantitative estimate of drug-likeness (QED) is 0.437. The lowest BCUT2D eigenvalue weighted by Crippen LogP contribution is -2.31. The van der Waals surface area contributed by atoms with Crippen LogP contribution in [0.25, 0.3) is 0 Å². The summed E-state index contributed by atoms with van der Waals surface area (Å²) in [5.74, 6) is 1.08. The topological polar surface area (TPSA) is 54.9 Å². The molecule has 25 heavy (non-hydrogen) atoms. The van der Waals surface area contributed by atoms with Gasteiger partial charge in [-0.2, -0.15) is 5.10 Å². The van der Waals surface area contributed by atoms with Crippen LogP contribution in [0.1, 0.15) is 18.1 Å². The molecule has 0 spiro atoms. The summed E-state index contributed by atoms with van der Waals surface area (Å²) in [6.45, 7) is 3.02. The molecular weight excluding hydrogens is 358 g/mol. The Morgan fingerprint density at radius 3 is 2.72 bits per heavy atom. The largest absolute Gasteiger partial charge is 0.493 e. The van der Waals surface area contributed by atoms with Crippen molar-refractivity contribution >= 4 is 35.1 Å².